The van der Waals surface area contributed by atoms with Crippen LogP contribution >= 0.6 is 0 Å². The molecule has 1 atom stereocenters. The zero-order valence-electron chi connectivity index (χ0n) is 32.5. The van der Waals surface area contributed by atoms with Crippen molar-refractivity contribution in [2.24, 2.45) is 5.92 Å². The lowest BCUT2D eigenvalue weighted by molar-refractivity contribution is -0.149. The molecule has 0 radical (unpaired) electrons. The summed E-state index contributed by atoms with van der Waals surface area (Å²) in [6, 6.07) is 25.5. The first-order valence-corrected chi connectivity index (χ1v) is 20.5. The summed E-state index contributed by atoms with van der Waals surface area (Å²) < 4.78 is 5.66. The van der Waals surface area contributed by atoms with Gasteiger partial charge in [0.25, 0.3) is 0 Å². The number of carbonyl (C=O) groups is 3. The molecule has 0 aliphatic heterocycles. The molecule has 4 aromatic carbocycles. The van der Waals surface area contributed by atoms with Crippen molar-refractivity contribution in [3.05, 3.63) is 113 Å². The van der Waals surface area contributed by atoms with Crippen molar-refractivity contribution in [3.63, 3.8) is 0 Å². The molecule has 1 aliphatic carbocycles. The highest BCUT2D eigenvalue weighted by molar-refractivity contribution is 6.31. The highest BCUT2D eigenvalue weighted by Crippen LogP contribution is 2.38. The number of benzene rings is 4. The molecule has 5 rings (SSSR count). The zero-order chi connectivity index (χ0) is 38.1. The molecule has 0 saturated carbocycles. The molecule has 54 heavy (non-hydrogen) atoms. The minimum absolute atomic E-state index is 0.0240. The van der Waals surface area contributed by atoms with Gasteiger partial charge in [-0.25, -0.2) is 0 Å². The number of nitrogens with one attached hydrogen (secondary N) is 1. The van der Waals surface area contributed by atoms with Crippen LogP contribution in [0.5, 0.6) is 5.75 Å². The normalized spacial score (nSPS) is 12.6. The van der Waals surface area contributed by atoms with Gasteiger partial charge >= 0.3 is 5.97 Å². The van der Waals surface area contributed by atoms with E-state index in [1.165, 1.54) is 102 Å². The SMILES string of the molecule is CCCCCCCCCCCCCCCCCCC(C)C(=O)OCc1ccc(-c2ccc(Nc3ccc(O)c4c3C(=O)c3ccccc3C4=O)cc2)cc1. The van der Waals surface area contributed by atoms with Crippen molar-refractivity contribution in [1.82, 2.24) is 0 Å². The Kier molecular flexibility index (Phi) is 15.9. The van der Waals surface area contributed by atoms with Gasteiger partial charge in [0.1, 0.15) is 12.4 Å². The van der Waals surface area contributed by atoms with E-state index in [1.807, 2.05) is 55.5 Å². The third-order valence-corrected chi connectivity index (χ3v) is 10.8. The lowest BCUT2D eigenvalue weighted by Crippen LogP contribution is -2.22. The summed E-state index contributed by atoms with van der Waals surface area (Å²) in [5, 5.41) is 13.8. The van der Waals surface area contributed by atoms with Crippen LogP contribution in [0.25, 0.3) is 11.1 Å². The molecule has 0 fully saturated rings. The summed E-state index contributed by atoms with van der Waals surface area (Å²) in [6.45, 7) is 4.51. The van der Waals surface area contributed by atoms with Gasteiger partial charge in [-0.2, -0.15) is 0 Å². The predicted octanol–water partition coefficient (Wildman–Crippen LogP) is 12.9. The Balaban J connectivity index is 0.977. The average molecular weight is 730 g/mol. The Hall–Kier alpha value is -4.71. The molecule has 2 N–H and O–H groups in total. The highest BCUT2D eigenvalue weighted by Gasteiger charge is 2.34. The van der Waals surface area contributed by atoms with Crippen molar-refractivity contribution in [1.29, 1.82) is 0 Å². The molecule has 1 unspecified atom stereocenters. The van der Waals surface area contributed by atoms with E-state index in [0.29, 0.717) is 16.8 Å². The van der Waals surface area contributed by atoms with E-state index < -0.39 is 0 Å². The number of unbranched alkanes of at least 4 members (excludes halogenated alkanes) is 15. The van der Waals surface area contributed by atoms with Crippen LogP contribution in [0.3, 0.4) is 0 Å². The molecule has 286 valence electrons. The molecule has 6 heteroatoms. The molecule has 1 aliphatic rings. The first kappa shape index (κ1) is 40.5. The number of phenols is 1. The summed E-state index contributed by atoms with van der Waals surface area (Å²) in [5.41, 5.74) is 4.99. The second-order valence-electron chi connectivity index (χ2n) is 15.1. The topological polar surface area (TPSA) is 92.7 Å². The van der Waals surface area contributed by atoms with Gasteiger partial charge in [-0.05, 0) is 47.4 Å². The van der Waals surface area contributed by atoms with Crippen LogP contribution < -0.4 is 5.32 Å². The highest BCUT2D eigenvalue weighted by atomic mass is 16.5. The number of phenolic OH excluding ortho intramolecular Hbond substituents is 1. The number of carbonyl (C=O) groups excluding carboxylic acids is 3. The largest absolute Gasteiger partial charge is 0.507 e. The fourth-order valence-corrected chi connectivity index (χ4v) is 7.42. The lowest BCUT2D eigenvalue weighted by Gasteiger charge is -2.21. The van der Waals surface area contributed by atoms with Crippen LogP contribution in [0.15, 0.2) is 84.9 Å². The summed E-state index contributed by atoms with van der Waals surface area (Å²) >= 11 is 0. The van der Waals surface area contributed by atoms with Crippen LogP contribution in [0.4, 0.5) is 11.4 Å². The summed E-state index contributed by atoms with van der Waals surface area (Å²) in [6.07, 6.45) is 22.4. The second kappa shape index (κ2) is 21.2. The number of ketones is 2. The molecule has 6 nitrogen and oxygen atoms in total. The van der Waals surface area contributed by atoms with Gasteiger partial charge < -0.3 is 15.2 Å². The number of esters is 1. The second-order valence-corrected chi connectivity index (χ2v) is 15.1. The van der Waals surface area contributed by atoms with Crippen LogP contribution in [-0.4, -0.2) is 22.6 Å². The molecular formula is C48H59NO5. The number of ether oxygens (including phenoxy) is 1. The fourth-order valence-electron chi connectivity index (χ4n) is 7.42. The zero-order valence-corrected chi connectivity index (χ0v) is 32.5. The number of rotatable bonds is 23. The van der Waals surface area contributed by atoms with Crippen LogP contribution in [0.1, 0.15) is 160 Å². The van der Waals surface area contributed by atoms with Gasteiger partial charge in [0.15, 0.2) is 11.6 Å². The van der Waals surface area contributed by atoms with Crippen molar-refractivity contribution in [3.8, 4) is 16.9 Å². The molecule has 0 saturated heterocycles. The van der Waals surface area contributed by atoms with Crippen LogP contribution in [0.2, 0.25) is 0 Å². The summed E-state index contributed by atoms with van der Waals surface area (Å²) in [4.78, 5) is 39.3. The molecule has 0 bridgehead atoms. The number of hydrogen-bond donors (Lipinski definition) is 2. The van der Waals surface area contributed by atoms with Crippen molar-refractivity contribution in [2.45, 2.75) is 130 Å². The number of aromatic hydroxyl groups is 1. The van der Waals surface area contributed by atoms with Gasteiger partial charge in [-0.3, -0.25) is 14.4 Å². The lowest BCUT2D eigenvalue weighted by atomic mass is 9.82. The standard InChI is InChI=1S/C48H59NO5/c1-3-4-5-6-7-8-9-10-11-12-13-14-15-16-17-18-21-35(2)48(53)54-34-36-24-26-37(27-25-36)38-28-30-39(31-29-38)49-42-32-33-43(50)45-44(42)46(51)40-22-19-20-23-41(40)47(45)52/h19-20,22-33,35,49-50H,3-18,21,34H2,1-2H3. The minimum Gasteiger partial charge on any atom is -0.507 e. The first-order valence-electron chi connectivity index (χ1n) is 20.5. The summed E-state index contributed by atoms with van der Waals surface area (Å²) in [7, 11) is 0. The van der Waals surface area contributed by atoms with Gasteiger partial charge in [0.05, 0.1) is 22.7 Å². The Morgan fingerprint density at radius 1 is 0.611 bits per heavy atom. The van der Waals surface area contributed by atoms with Gasteiger partial charge in [0.2, 0.25) is 0 Å². The maximum Gasteiger partial charge on any atom is 0.308 e. The van der Waals surface area contributed by atoms with E-state index in [4.69, 9.17) is 4.74 Å². The predicted molar refractivity (Wildman–Crippen MR) is 220 cm³/mol. The first-order chi connectivity index (χ1) is 26.4. The third-order valence-electron chi connectivity index (χ3n) is 10.8. The molecule has 0 amide bonds. The van der Waals surface area contributed by atoms with E-state index in [-0.39, 0.29) is 46.9 Å². The summed E-state index contributed by atoms with van der Waals surface area (Å²) in [5.74, 6) is -1.10. The van der Waals surface area contributed by atoms with E-state index >= 15 is 0 Å². The van der Waals surface area contributed by atoms with E-state index in [1.54, 1.807) is 30.3 Å². The van der Waals surface area contributed by atoms with Crippen molar-refractivity contribution in [2.75, 3.05) is 5.32 Å². The maximum absolute atomic E-state index is 13.4. The fraction of sp³-hybridized carbons (Fsp3) is 0.438. The Morgan fingerprint density at radius 3 is 1.63 bits per heavy atom. The third kappa shape index (κ3) is 11.4. The maximum atomic E-state index is 13.4. The molecule has 0 spiro atoms. The Bertz CT molecular complexity index is 1810. The Labute approximate surface area is 322 Å². The van der Waals surface area contributed by atoms with Crippen LogP contribution in [-0.2, 0) is 16.1 Å². The number of anilines is 2. The number of hydrogen-bond acceptors (Lipinski definition) is 6. The van der Waals surface area contributed by atoms with E-state index in [2.05, 4.69) is 12.2 Å². The van der Waals surface area contributed by atoms with E-state index in [0.717, 1.165) is 35.2 Å². The Morgan fingerprint density at radius 2 is 1.09 bits per heavy atom. The van der Waals surface area contributed by atoms with Crippen molar-refractivity contribution < 1.29 is 24.2 Å². The molecule has 0 heterocycles. The minimum atomic E-state index is -0.366. The average Bonchev–Trinajstić information content (AvgIpc) is 3.20. The monoisotopic (exact) mass is 729 g/mol. The van der Waals surface area contributed by atoms with Crippen molar-refractivity contribution >= 4 is 28.9 Å². The van der Waals surface area contributed by atoms with E-state index in [9.17, 15) is 19.5 Å². The number of fused-ring (bicyclic) bond motifs is 2. The quantitative estimate of drug-likeness (QED) is 0.0395. The molecule has 0 aromatic heterocycles. The van der Waals surface area contributed by atoms with Gasteiger partial charge in [0, 0.05) is 16.8 Å². The molecular weight excluding hydrogens is 671 g/mol. The van der Waals surface area contributed by atoms with Gasteiger partial charge in [-0.1, -0.05) is 177 Å². The van der Waals surface area contributed by atoms with Gasteiger partial charge in [-0.15, -0.1) is 0 Å². The van der Waals surface area contributed by atoms with Crippen LogP contribution in [0, 0.1) is 5.92 Å². The molecule has 4 aromatic rings. The smallest absolute Gasteiger partial charge is 0.308 e.